The Morgan fingerprint density at radius 2 is 0.290 bits per heavy atom. The van der Waals surface area contributed by atoms with Crippen molar-refractivity contribution >= 4 is 165 Å². The number of benzene rings is 17. The SMILES string of the molecule is Nc1cc(N)cc(C(=O)OCOC(=O)c2cc(N)cc(N)c2)c1.Nc1cc(N)cc(N)c1.Nc1cc(N)cc(Oc2ccc(Oc3cc(N)cc(N)c3)cc2)c1.Nc1ccc(Oc2cc(Oc3ccc(N)cc3N)cc(Oc3ccc(N)cc3N)c2)c(N)c1.Nc1ccc(Oc2ccc(N)cc2N)c(N)c1.Nc1ccc(Oc2ccc(N)cc2N)cc1.Nc1ccc(Oc2ccc(Oc3cc(N)cc(N)c3)cc2)cc1. The highest BCUT2D eigenvalue weighted by Crippen LogP contribution is 2.42. The summed E-state index contributed by atoms with van der Waals surface area (Å²) in [6.07, 6.45) is 0. The maximum Gasteiger partial charge on any atom is 0.341 e. The fourth-order valence-corrected chi connectivity index (χ4v) is 12.8. The molecule has 17 aromatic carbocycles. The lowest BCUT2D eigenvalue weighted by molar-refractivity contribution is -0.0167. The number of esters is 2. The minimum atomic E-state index is -0.719. The number of rotatable bonds is 22. The van der Waals surface area contributed by atoms with Crippen molar-refractivity contribution in [1.82, 2.24) is 0 Å². The number of ether oxygens (including phenoxy) is 11. The molecule has 0 fully saturated rings. The van der Waals surface area contributed by atoms with E-state index in [2.05, 4.69) is 0 Å². The van der Waals surface area contributed by atoms with Crippen LogP contribution in [0, 0.1) is 0 Å². The van der Waals surface area contributed by atoms with Gasteiger partial charge in [-0.3, -0.25) is 0 Å². The number of nitrogens with two attached hydrogens (primary N) is 27. The highest BCUT2D eigenvalue weighted by Gasteiger charge is 2.18. The van der Waals surface area contributed by atoms with E-state index in [0.29, 0.717) is 251 Å². The predicted octanol–water partition coefficient (Wildman–Crippen LogP) is 17.6. The number of hydrogen-bond donors (Lipinski definition) is 27. The van der Waals surface area contributed by atoms with Gasteiger partial charge in [-0.1, -0.05) is 0 Å². The first kappa shape index (κ1) is 104. The largest absolute Gasteiger partial charge is 0.457 e. The second-order valence-corrected chi connectivity index (χ2v) is 31.6. The number of carbonyl (C=O) groups is 2. The molecule has 0 unspecified atom stereocenters. The zero-order valence-electron chi connectivity index (χ0n) is 77.9. The third kappa shape index (κ3) is 33.5. The Kier molecular flexibility index (Phi) is 35.0. The van der Waals surface area contributed by atoms with Crippen molar-refractivity contribution in [3.05, 3.63) is 345 Å². The Bertz CT molecular complexity index is 6860. The second kappa shape index (κ2) is 48.8. The molecule has 17 rings (SSSR count). The third-order valence-electron chi connectivity index (χ3n) is 19.2. The van der Waals surface area contributed by atoms with Crippen molar-refractivity contribution in [3.63, 3.8) is 0 Å². The van der Waals surface area contributed by atoms with Crippen molar-refractivity contribution in [2.45, 2.75) is 0 Å². The molecule has 40 heteroatoms. The van der Waals surface area contributed by atoms with Crippen molar-refractivity contribution in [3.8, 4) is 103 Å². The van der Waals surface area contributed by atoms with Gasteiger partial charge in [0.25, 0.3) is 0 Å². The Labute approximate surface area is 832 Å². The summed E-state index contributed by atoms with van der Waals surface area (Å²) in [6, 6.07) is 92.7. The first-order chi connectivity index (χ1) is 69.1. The quantitative estimate of drug-likeness (QED) is 0.0170. The Balaban J connectivity index is 0.000000165. The molecule has 0 saturated carbocycles. The van der Waals surface area contributed by atoms with E-state index < -0.39 is 18.7 Å². The van der Waals surface area contributed by atoms with E-state index in [0.717, 1.165) is 5.75 Å². The standard InChI is InChI=1S/C24H24N6O3.C18H18N4O2.C18H17N3O2.C15H16N4O4.C12H14N4O.C12H13N3O.C6H9N3/c25-13-1-4-22(19(28)7-13)31-16-10-17(32-23-5-2-14(26)8-20(23)29)12-18(11-16)33-24-6-3-15(27)9-21(24)30;19-11-5-12(20)8-17(7-11)23-15-1-2-16(4-3-15)24-18-9-13(21)6-14(22)10-18;19-12-1-3-15(4-2-12)22-16-5-7-17(8-6-16)23-18-10-13(20)9-14(21)11-18;16-10-1-8(2-11(17)5-10)14(20)22-7-23-15(21)9-3-12(18)6-13(19)4-9;13-7-1-3-11(9(15)5-7)17-12-4-2-8(14)6-10(12)16;13-8-1-4-10(5-2-8)16-12-6-3-9(14)7-11(12)15;7-4-1-5(8)3-6(9)2-4/h1-12H,25-30H2;1-10H,19-22H2;1-11H,19-21H2;1-6H,7,16-19H2;1-6H,13-16H2;1-7H,13-15H2;1-3H,7-9H2. The molecule has 0 saturated heterocycles. The van der Waals surface area contributed by atoms with E-state index in [4.69, 9.17) is 207 Å². The summed E-state index contributed by atoms with van der Waals surface area (Å²) in [5.41, 5.74) is 168. The molecule has 54 N–H and O–H groups in total. The lowest BCUT2D eigenvalue weighted by Gasteiger charge is -2.15. The molecule has 0 aliphatic heterocycles. The molecule has 145 heavy (non-hydrogen) atoms. The lowest BCUT2D eigenvalue weighted by atomic mass is 10.2. The van der Waals surface area contributed by atoms with Gasteiger partial charge in [-0.15, -0.1) is 0 Å². The maximum atomic E-state index is 11.8. The van der Waals surface area contributed by atoms with E-state index >= 15 is 0 Å². The van der Waals surface area contributed by atoms with E-state index in [9.17, 15) is 9.59 Å². The summed E-state index contributed by atoms with van der Waals surface area (Å²) in [6.45, 7) is -0.568. The second-order valence-electron chi connectivity index (χ2n) is 31.6. The zero-order chi connectivity index (χ0) is 105. The van der Waals surface area contributed by atoms with E-state index in [-0.39, 0.29) is 11.1 Å². The average molecular weight is 1960 g/mol. The van der Waals surface area contributed by atoms with E-state index in [1.54, 1.807) is 261 Å². The van der Waals surface area contributed by atoms with Gasteiger partial charge in [0.15, 0.2) is 11.5 Å². The molecular formula is C105H111N27O13. The van der Waals surface area contributed by atoms with Crippen molar-refractivity contribution < 1.29 is 61.7 Å². The minimum Gasteiger partial charge on any atom is -0.457 e. The Hall–Kier alpha value is -21.5. The first-order valence-electron chi connectivity index (χ1n) is 43.2. The van der Waals surface area contributed by atoms with Gasteiger partial charge in [0, 0.05) is 174 Å². The summed E-state index contributed by atoms with van der Waals surface area (Å²) in [7, 11) is 0. The van der Waals surface area contributed by atoms with Crippen LogP contribution in [-0.2, 0) is 9.47 Å². The van der Waals surface area contributed by atoms with Gasteiger partial charge >= 0.3 is 11.9 Å². The maximum absolute atomic E-state index is 11.8. The molecule has 0 aliphatic carbocycles. The van der Waals surface area contributed by atoms with Crippen LogP contribution >= 0.6 is 0 Å². The van der Waals surface area contributed by atoms with Crippen molar-refractivity contribution in [2.24, 2.45) is 0 Å². The Morgan fingerprint density at radius 3 is 0.497 bits per heavy atom. The fourth-order valence-electron chi connectivity index (χ4n) is 12.8. The number of nitrogen functional groups attached to an aromatic ring is 27. The predicted molar refractivity (Wildman–Crippen MR) is 585 cm³/mol. The topological polar surface area (TPSA) is 838 Å². The monoisotopic (exact) mass is 1960 g/mol. The van der Waals surface area contributed by atoms with Gasteiger partial charge < -0.3 is 207 Å². The number of hydrogen-bond acceptors (Lipinski definition) is 40. The van der Waals surface area contributed by atoms with Gasteiger partial charge in [0.2, 0.25) is 6.79 Å². The van der Waals surface area contributed by atoms with Crippen LogP contribution in [0.5, 0.6) is 103 Å². The van der Waals surface area contributed by atoms with Crippen LogP contribution in [-0.4, -0.2) is 18.7 Å². The average Bonchev–Trinajstić information content (AvgIpc) is 0.806. The molecule has 0 atom stereocenters. The van der Waals surface area contributed by atoms with Crippen molar-refractivity contribution in [1.29, 1.82) is 0 Å². The highest BCUT2D eigenvalue weighted by atomic mass is 16.7. The molecule has 0 amide bonds. The van der Waals surface area contributed by atoms with Crippen LogP contribution in [0.3, 0.4) is 0 Å². The van der Waals surface area contributed by atoms with Crippen LogP contribution in [0.25, 0.3) is 0 Å². The van der Waals surface area contributed by atoms with Gasteiger partial charge in [0.1, 0.15) is 92.0 Å². The summed E-state index contributed by atoms with van der Waals surface area (Å²) < 4.78 is 61.7. The van der Waals surface area contributed by atoms with E-state index in [1.807, 2.05) is 36.4 Å². The smallest absolute Gasteiger partial charge is 0.341 e. The van der Waals surface area contributed by atoms with Gasteiger partial charge in [-0.25, -0.2) is 9.59 Å². The third-order valence-corrected chi connectivity index (χ3v) is 19.2. The summed E-state index contributed by atoms with van der Waals surface area (Å²) in [5, 5.41) is 0. The van der Waals surface area contributed by atoms with Gasteiger partial charge in [-0.05, 0) is 279 Å². The van der Waals surface area contributed by atoms with E-state index in [1.165, 1.54) is 36.4 Å². The molecule has 17 aromatic rings. The molecule has 0 radical (unpaired) electrons. The Morgan fingerprint density at radius 1 is 0.138 bits per heavy atom. The fraction of sp³-hybridized carbons (Fsp3) is 0.00952. The van der Waals surface area contributed by atoms with Gasteiger partial charge in [0.05, 0.1) is 45.3 Å². The summed E-state index contributed by atoms with van der Waals surface area (Å²) in [4.78, 5) is 23.6. The molecular weight excluding hydrogens is 1850 g/mol. The lowest BCUT2D eigenvalue weighted by Crippen LogP contribution is -2.14. The highest BCUT2D eigenvalue weighted by molar-refractivity contribution is 5.93. The molecule has 0 heterocycles. The normalized spacial score (nSPS) is 10.2. The van der Waals surface area contributed by atoms with Gasteiger partial charge in [-0.2, -0.15) is 0 Å². The summed E-state index contributed by atoms with van der Waals surface area (Å²) >= 11 is 0. The number of carbonyl (C=O) groups excluding carboxylic acids is 2. The molecule has 0 spiro atoms. The van der Waals surface area contributed by atoms with Crippen LogP contribution in [0.1, 0.15) is 20.7 Å². The molecule has 744 valence electrons. The van der Waals surface area contributed by atoms with Crippen LogP contribution in [0.4, 0.5) is 154 Å². The molecule has 0 bridgehead atoms. The summed E-state index contributed by atoms with van der Waals surface area (Å²) in [5.74, 6) is 8.44. The van der Waals surface area contributed by atoms with Crippen LogP contribution in [0.2, 0.25) is 0 Å². The van der Waals surface area contributed by atoms with Crippen LogP contribution < -0.4 is 197 Å². The molecule has 0 aliphatic rings. The number of anilines is 27. The molecule has 40 nitrogen and oxygen atoms in total. The minimum absolute atomic E-state index is 0.159. The van der Waals surface area contributed by atoms with Crippen LogP contribution in [0.15, 0.2) is 334 Å². The van der Waals surface area contributed by atoms with Crippen molar-refractivity contribution in [2.75, 3.05) is 162 Å². The zero-order valence-corrected chi connectivity index (χ0v) is 77.9. The first-order valence-corrected chi connectivity index (χ1v) is 43.2. The molecule has 0 aromatic heterocycles.